The normalized spacial score (nSPS) is 12.7. The van der Waals surface area contributed by atoms with E-state index in [4.69, 9.17) is 9.94 Å². The number of halogens is 3. The van der Waals surface area contributed by atoms with Gasteiger partial charge in [-0.2, -0.15) is 13.2 Å². The molecule has 0 aromatic heterocycles. The van der Waals surface area contributed by atoms with E-state index >= 15 is 0 Å². The third-order valence-electron chi connectivity index (χ3n) is 2.38. The summed E-state index contributed by atoms with van der Waals surface area (Å²) in [6, 6.07) is 3.41. The molecular weight excluding hydrogens is 259 g/mol. The van der Waals surface area contributed by atoms with Crippen molar-refractivity contribution in [2.24, 2.45) is 5.16 Å². The van der Waals surface area contributed by atoms with E-state index in [-0.39, 0.29) is 16.9 Å². The average Bonchev–Trinajstić information content (AvgIpc) is 2.38. The summed E-state index contributed by atoms with van der Waals surface area (Å²) in [4.78, 5) is 0. The van der Waals surface area contributed by atoms with Gasteiger partial charge < -0.3 is 9.94 Å². The Balaban J connectivity index is 3.48. The van der Waals surface area contributed by atoms with E-state index in [1.165, 1.54) is 31.4 Å². The monoisotopic (exact) mass is 271 g/mol. The number of benzene rings is 1. The number of ether oxygens (including phenoxy) is 1. The van der Waals surface area contributed by atoms with Gasteiger partial charge in [-0.3, -0.25) is 0 Å². The largest absolute Gasteiger partial charge is 0.497 e. The maximum Gasteiger partial charge on any atom is 0.417 e. The summed E-state index contributed by atoms with van der Waals surface area (Å²) >= 11 is 0. The number of hydrogen-bond donors (Lipinski definition) is 1. The SMILES string of the molecule is C=C/C(=C\C=NO)c1cc(OC)ccc1C(F)(F)F. The van der Waals surface area contributed by atoms with Crippen molar-refractivity contribution in [3.05, 3.63) is 48.1 Å². The van der Waals surface area contributed by atoms with Crippen molar-refractivity contribution in [1.82, 2.24) is 0 Å². The standard InChI is InChI=1S/C13H12F3NO2/c1-3-9(6-7-17-18)11-8-10(19-2)4-5-12(11)13(14,15)16/h3-8,18H,1H2,2H3/b9-6+,17-7?. The first kappa shape index (κ1) is 14.8. The molecule has 0 aliphatic carbocycles. The van der Waals surface area contributed by atoms with Crippen LogP contribution in [-0.2, 0) is 6.18 Å². The van der Waals surface area contributed by atoms with Crippen molar-refractivity contribution in [1.29, 1.82) is 0 Å². The van der Waals surface area contributed by atoms with Crippen molar-refractivity contribution < 1.29 is 23.1 Å². The zero-order valence-electron chi connectivity index (χ0n) is 10.1. The average molecular weight is 271 g/mol. The fourth-order valence-corrected chi connectivity index (χ4v) is 1.52. The van der Waals surface area contributed by atoms with E-state index in [1.807, 2.05) is 0 Å². The molecule has 0 heterocycles. The number of oxime groups is 1. The molecule has 0 saturated heterocycles. The first-order chi connectivity index (χ1) is 8.93. The molecular formula is C13H12F3NO2. The molecule has 1 N–H and O–H groups in total. The summed E-state index contributed by atoms with van der Waals surface area (Å²) in [5.41, 5.74) is -0.739. The van der Waals surface area contributed by atoms with Crippen LogP contribution in [0, 0.1) is 0 Å². The molecule has 0 amide bonds. The summed E-state index contributed by atoms with van der Waals surface area (Å²) in [7, 11) is 1.36. The van der Waals surface area contributed by atoms with Crippen LogP contribution in [0.3, 0.4) is 0 Å². The highest BCUT2D eigenvalue weighted by Gasteiger charge is 2.33. The van der Waals surface area contributed by atoms with Gasteiger partial charge in [0.1, 0.15) is 5.75 Å². The Morgan fingerprint density at radius 2 is 2.11 bits per heavy atom. The van der Waals surface area contributed by atoms with E-state index < -0.39 is 11.7 Å². The fraction of sp³-hybridized carbons (Fsp3) is 0.154. The lowest BCUT2D eigenvalue weighted by Crippen LogP contribution is -2.08. The van der Waals surface area contributed by atoms with Crippen LogP contribution in [0.1, 0.15) is 11.1 Å². The van der Waals surface area contributed by atoms with Crippen LogP contribution in [-0.4, -0.2) is 18.5 Å². The van der Waals surface area contributed by atoms with Crippen molar-refractivity contribution in [2.75, 3.05) is 7.11 Å². The molecule has 0 radical (unpaired) electrons. The molecule has 0 bridgehead atoms. The van der Waals surface area contributed by atoms with Crippen LogP contribution in [0.15, 0.2) is 42.1 Å². The molecule has 3 nitrogen and oxygen atoms in total. The minimum absolute atomic E-state index is 0.0956. The van der Waals surface area contributed by atoms with Crippen molar-refractivity contribution in [2.45, 2.75) is 6.18 Å². The molecule has 19 heavy (non-hydrogen) atoms. The van der Waals surface area contributed by atoms with Crippen molar-refractivity contribution in [3.63, 3.8) is 0 Å². The number of methoxy groups -OCH3 is 1. The maximum absolute atomic E-state index is 12.9. The van der Waals surface area contributed by atoms with Crippen LogP contribution in [0.4, 0.5) is 13.2 Å². The van der Waals surface area contributed by atoms with Crippen LogP contribution in [0.25, 0.3) is 5.57 Å². The highest BCUT2D eigenvalue weighted by Crippen LogP contribution is 2.37. The Morgan fingerprint density at radius 3 is 2.58 bits per heavy atom. The topological polar surface area (TPSA) is 41.8 Å². The second-order valence-corrected chi connectivity index (χ2v) is 3.50. The summed E-state index contributed by atoms with van der Waals surface area (Å²) < 4.78 is 43.7. The molecule has 102 valence electrons. The van der Waals surface area contributed by atoms with E-state index in [0.29, 0.717) is 0 Å². The van der Waals surface area contributed by atoms with Crippen LogP contribution >= 0.6 is 0 Å². The first-order valence-corrected chi connectivity index (χ1v) is 5.19. The quantitative estimate of drug-likeness (QED) is 0.392. The Labute approximate surface area is 108 Å². The van der Waals surface area contributed by atoms with Crippen molar-refractivity contribution in [3.8, 4) is 5.75 Å². The zero-order valence-corrected chi connectivity index (χ0v) is 10.1. The second-order valence-electron chi connectivity index (χ2n) is 3.50. The Bertz CT molecular complexity index is 519. The Kier molecular flexibility index (Phi) is 4.74. The molecule has 1 aromatic carbocycles. The van der Waals surface area contributed by atoms with Gasteiger partial charge in [0.05, 0.1) is 18.9 Å². The molecule has 1 aromatic rings. The molecule has 0 fully saturated rings. The van der Waals surface area contributed by atoms with Crippen molar-refractivity contribution >= 4 is 11.8 Å². The van der Waals surface area contributed by atoms with Gasteiger partial charge >= 0.3 is 6.18 Å². The lowest BCUT2D eigenvalue weighted by atomic mass is 9.98. The van der Waals surface area contributed by atoms with Crippen LogP contribution < -0.4 is 4.74 Å². The summed E-state index contributed by atoms with van der Waals surface area (Å²) in [6.45, 7) is 3.45. The van der Waals surface area contributed by atoms with E-state index in [0.717, 1.165) is 12.3 Å². The van der Waals surface area contributed by atoms with Gasteiger partial charge in [-0.1, -0.05) is 17.8 Å². The number of hydrogen-bond acceptors (Lipinski definition) is 3. The Morgan fingerprint density at radius 1 is 1.42 bits per heavy atom. The molecule has 0 aliphatic rings. The molecule has 0 spiro atoms. The molecule has 0 unspecified atom stereocenters. The first-order valence-electron chi connectivity index (χ1n) is 5.19. The summed E-state index contributed by atoms with van der Waals surface area (Å²) in [5.74, 6) is 0.289. The summed E-state index contributed by atoms with van der Waals surface area (Å²) in [6.07, 6.45) is -1.07. The third-order valence-corrected chi connectivity index (χ3v) is 2.38. The summed E-state index contributed by atoms with van der Waals surface area (Å²) in [5, 5.41) is 11.1. The van der Waals surface area contributed by atoms with E-state index in [1.54, 1.807) is 0 Å². The molecule has 0 atom stereocenters. The predicted molar refractivity (Wildman–Crippen MR) is 66.4 cm³/mol. The van der Waals surface area contributed by atoms with Gasteiger partial charge in [0.2, 0.25) is 0 Å². The predicted octanol–water partition coefficient (Wildman–Crippen LogP) is 3.74. The fourth-order valence-electron chi connectivity index (χ4n) is 1.52. The molecule has 6 heteroatoms. The van der Waals surface area contributed by atoms with E-state index in [9.17, 15) is 13.2 Å². The number of alkyl halides is 3. The third kappa shape index (κ3) is 3.61. The lowest BCUT2D eigenvalue weighted by Gasteiger charge is -2.14. The molecule has 0 saturated carbocycles. The van der Waals surface area contributed by atoms with Crippen LogP contribution in [0.2, 0.25) is 0 Å². The highest BCUT2D eigenvalue weighted by atomic mass is 19.4. The zero-order chi connectivity index (χ0) is 14.5. The maximum atomic E-state index is 12.9. The van der Waals surface area contributed by atoms with Gasteiger partial charge in [0, 0.05) is 0 Å². The van der Waals surface area contributed by atoms with Gasteiger partial charge in [-0.25, -0.2) is 0 Å². The van der Waals surface area contributed by atoms with Crippen LogP contribution in [0.5, 0.6) is 5.75 Å². The highest BCUT2D eigenvalue weighted by molar-refractivity contribution is 5.89. The molecule has 1 rings (SSSR count). The number of nitrogens with zero attached hydrogens (tertiary/aromatic N) is 1. The van der Waals surface area contributed by atoms with Gasteiger partial charge in [-0.15, -0.1) is 0 Å². The lowest BCUT2D eigenvalue weighted by molar-refractivity contribution is -0.137. The number of rotatable bonds is 4. The minimum atomic E-state index is -4.50. The van der Waals surface area contributed by atoms with Gasteiger partial charge in [-0.05, 0) is 35.4 Å². The molecule has 0 aliphatic heterocycles. The second kappa shape index (κ2) is 6.08. The van der Waals surface area contributed by atoms with E-state index in [2.05, 4.69) is 11.7 Å². The van der Waals surface area contributed by atoms with Gasteiger partial charge in [0.15, 0.2) is 0 Å². The Hall–Kier alpha value is -2.24. The van der Waals surface area contributed by atoms with Gasteiger partial charge in [0.25, 0.3) is 0 Å². The smallest absolute Gasteiger partial charge is 0.417 e. The number of allylic oxidation sites excluding steroid dienone is 3. The minimum Gasteiger partial charge on any atom is -0.497 e.